The van der Waals surface area contributed by atoms with Crippen molar-refractivity contribution >= 4 is 11.7 Å². The van der Waals surface area contributed by atoms with E-state index < -0.39 is 0 Å². The third kappa shape index (κ3) is 8.70. The van der Waals surface area contributed by atoms with Crippen LogP contribution in [-0.2, 0) is 4.74 Å². The van der Waals surface area contributed by atoms with Gasteiger partial charge in [-0.1, -0.05) is 47.1 Å². The largest absolute Gasteiger partial charge is 0.465 e. The molecule has 0 aliphatic carbocycles. The van der Waals surface area contributed by atoms with Gasteiger partial charge < -0.3 is 10.1 Å². The Labute approximate surface area is 158 Å². The molecule has 0 fully saturated rings. The molecule has 1 N–H and O–H groups in total. The van der Waals surface area contributed by atoms with Gasteiger partial charge in [0.25, 0.3) is 0 Å². The number of hydrogen-bond donors (Lipinski definition) is 1. The molecule has 0 aliphatic heterocycles. The number of ether oxygens (including phenoxy) is 1. The van der Waals surface area contributed by atoms with Crippen LogP contribution in [0.25, 0.3) is 0 Å². The molecule has 0 saturated carbocycles. The second-order valence-corrected chi connectivity index (χ2v) is 6.88. The Morgan fingerprint density at radius 2 is 1.58 bits per heavy atom. The number of nitrogens with one attached hydrogen (secondary N) is 1. The predicted molar refractivity (Wildman–Crippen MR) is 112 cm³/mol. The second kappa shape index (κ2) is 12.1. The van der Waals surface area contributed by atoms with Gasteiger partial charge in [-0.2, -0.15) is 0 Å². The number of esters is 1. The minimum Gasteiger partial charge on any atom is -0.465 e. The number of para-hydroxylation sites is 1. The molecular formula is C23H33NO2. The molecule has 0 aromatic heterocycles. The SMILES string of the molecule is COC(=O)c1ccccc1NC/C=C(\C)CC/C=C(\C)CCC=C(C)C. The number of methoxy groups -OCH3 is 1. The lowest BCUT2D eigenvalue weighted by molar-refractivity contribution is 0.0602. The predicted octanol–water partition coefficient (Wildman–Crippen LogP) is 6.30. The van der Waals surface area contributed by atoms with Gasteiger partial charge >= 0.3 is 5.97 Å². The Balaban J connectivity index is 2.43. The summed E-state index contributed by atoms with van der Waals surface area (Å²) in [6.45, 7) is 9.35. The van der Waals surface area contributed by atoms with Gasteiger partial charge in [0.05, 0.1) is 12.7 Å². The summed E-state index contributed by atoms with van der Waals surface area (Å²) in [4.78, 5) is 11.8. The van der Waals surface area contributed by atoms with E-state index in [2.05, 4.69) is 51.2 Å². The first kappa shape index (κ1) is 21.8. The summed E-state index contributed by atoms with van der Waals surface area (Å²) >= 11 is 0. The minimum absolute atomic E-state index is 0.317. The maximum absolute atomic E-state index is 11.8. The summed E-state index contributed by atoms with van der Waals surface area (Å²) in [6.07, 6.45) is 11.2. The second-order valence-electron chi connectivity index (χ2n) is 6.88. The van der Waals surface area contributed by atoms with Crippen LogP contribution in [0, 0.1) is 0 Å². The van der Waals surface area contributed by atoms with E-state index in [9.17, 15) is 4.79 Å². The fourth-order valence-electron chi connectivity index (χ4n) is 2.60. The maximum atomic E-state index is 11.8. The molecule has 3 nitrogen and oxygen atoms in total. The van der Waals surface area contributed by atoms with E-state index in [0.717, 1.165) is 31.4 Å². The van der Waals surface area contributed by atoms with Gasteiger partial charge in [-0.05, 0) is 65.5 Å². The summed E-state index contributed by atoms with van der Waals surface area (Å²) in [6, 6.07) is 7.42. The Morgan fingerprint density at radius 3 is 2.23 bits per heavy atom. The van der Waals surface area contributed by atoms with E-state index in [-0.39, 0.29) is 5.97 Å². The highest BCUT2D eigenvalue weighted by atomic mass is 16.5. The monoisotopic (exact) mass is 355 g/mol. The molecule has 1 aromatic carbocycles. The van der Waals surface area contributed by atoms with Crippen molar-refractivity contribution in [2.24, 2.45) is 0 Å². The van der Waals surface area contributed by atoms with E-state index in [1.807, 2.05) is 18.2 Å². The molecule has 1 rings (SSSR count). The third-order valence-electron chi connectivity index (χ3n) is 4.20. The standard InChI is InChI=1S/C23H33NO2/c1-18(2)10-8-11-19(3)12-9-13-20(4)16-17-24-22-15-7-6-14-21(22)23(25)26-5/h6-7,10,12,14-16,24H,8-9,11,13,17H2,1-5H3/b19-12+,20-16+. The van der Waals surface area contributed by atoms with Crippen LogP contribution in [0.15, 0.2) is 59.2 Å². The topological polar surface area (TPSA) is 38.3 Å². The number of hydrogen-bond acceptors (Lipinski definition) is 3. The number of rotatable bonds is 10. The van der Waals surface area contributed by atoms with Crippen molar-refractivity contribution in [2.75, 3.05) is 19.0 Å². The fourth-order valence-corrected chi connectivity index (χ4v) is 2.60. The molecule has 1 aromatic rings. The average Bonchev–Trinajstić information content (AvgIpc) is 2.61. The van der Waals surface area contributed by atoms with Crippen LogP contribution >= 0.6 is 0 Å². The van der Waals surface area contributed by atoms with Crippen LogP contribution in [0.5, 0.6) is 0 Å². The maximum Gasteiger partial charge on any atom is 0.339 e. The lowest BCUT2D eigenvalue weighted by atomic mass is 10.1. The van der Waals surface area contributed by atoms with Gasteiger partial charge in [0.1, 0.15) is 0 Å². The van der Waals surface area contributed by atoms with Crippen molar-refractivity contribution in [1.29, 1.82) is 0 Å². The normalized spacial score (nSPS) is 11.9. The van der Waals surface area contributed by atoms with Gasteiger partial charge in [-0.3, -0.25) is 0 Å². The molecule has 0 amide bonds. The van der Waals surface area contributed by atoms with Crippen LogP contribution < -0.4 is 5.32 Å². The Bertz CT molecular complexity index is 665. The number of carbonyl (C=O) groups is 1. The third-order valence-corrected chi connectivity index (χ3v) is 4.20. The van der Waals surface area contributed by atoms with Gasteiger partial charge in [0.15, 0.2) is 0 Å². The molecular weight excluding hydrogens is 322 g/mol. The van der Waals surface area contributed by atoms with E-state index in [4.69, 9.17) is 4.74 Å². The van der Waals surface area contributed by atoms with Gasteiger partial charge in [0, 0.05) is 12.2 Å². The van der Waals surface area contributed by atoms with Gasteiger partial charge in [-0.15, -0.1) is 0 Å². The van der Waals surface area contributed by atoms with Crippen molar-refractivity contribution in [2.45, 2.75) is 53.4 Å². The molecule has 0 bridgehead atoms. The van der Waals surface area contributed by atoms with Crippen LogP contribution in [0.1, 0.15) is 63.7 Å². The summed E-state index contributed by atoms with van der Waals surface area (Å²) in [5.74, 6) is -0.317. The van der Waals surface area contributed by atoms with Crippen molar-refractivity contribution in [3.05, 3.63) is 64.8 Å². The van der Waals surface area contributed by atoms with Gasteiger partial charge in [-0.25, -0.2) is 4.79 Å². The zero-order valence-electron chi connectivity index (χ0n) is 16.9. The smallest absolute Gasteiger partial charge is 0.339 e. The zero-order chi connectivity index (χ0) is 19.4. The highest BCUT2D eigenvalue weighted by Gasteiger charge is 2.09. The van der Waals surface area contributed by atoms with Crippen molar-refractivity contribution < 1.29 is 9.53 Å². The quantitative estimate of drug-likeness (QED) is 0.395. The average molecular weight is 356 g/mol. The van der Waals surface area contributed by atoms with Crippen LogP contribution in [-0.4, -0.2) is 19.6 Å². The van der Waals surface area contributed by atoms with Crippen LogP contribution in [0.3, 0.4) is 0 Å². The number of allylic oxidation sites excluding steroid dienone is 5. The minimum atomic E-state index is -0.317. The Morgan fingerprint density at radius 1 is 0.962 bits per heavy atom. The van der Waals surface area contributed by atoms with Crippen molar-refractivity contribution in [3.63, 3.8) is 0 Å². The summed E-state index contributed by atoms with van der Waals surface area (Å²) < 4.78 is 4.82. The van der Waals surface area contributed by atoms with Gasteiger partial charge in [0.2, 0.25) is 0 Å². The lowest BCUT2D eigenvalue weighted by Crippen LogP contribution is -2.08. The molecule has 0 unspecified atom stereocenters. The molecule has 0 radical (unpaired) electrons. The summed E-state index contributed by atoms with van der Waals surface area (Å²) in [7, 11) is 1.40. The van der Waals surface area contributed by atoms with Crippen LogP contribution in [0.2, 0.25) is 0 Å². The van der Waals surface area contributed by atoms with Crippen molar-refractivity contribution in [1.82, 2.24) is 0 Å². The number of anilines is 1. The van der Waals surface area contributed by atoms with E-state index in [1.165, 1.54) is 23.8 Å². The number of benzene rings is 1. The first-order chi connectivity index (χ1) is 12.4. The number of carbonyl (C=O) groups excluding carboxylic acids is 1. The van der Waals surface area contributed by atoms with Crippen LogP contribution in [0.4, 0.5) is 5.69 Å². The van der Waals surface area contributed by atoms with E-state index in [1.54, 1.807) is 6.07 Å². The molecule has 0 saturated heterocycles. The highest BCUT2D eigenvalue weighted by molar-refractivity contribution is 5.95. The summed E-state index contributed by atoms with van der Waals surface area (Å²) in [5.41, 5.74) is 5.56. The molecule has 0 aliphatic rings. The first-order valence-electron chi connectivity index (χ1n) is 9.30. The fraction of sp³-hybridized carbons (Fsp3) is 0.435. The molecule has 26 heavy (non-hydrogen) atoms. The molecule has 3 heteroatoms. The Hall–Kier alpha value is -2.29. The molecule has 0 heterocycles. The molecule has 142 valence electrons. The van der Waals surface area contributed by atoms with E-state index >= 15 is 0 Å². The molecule has 0 spiro atoms. The highest BCUT2D eigenvalue weighted by Crippen LogP contribution is 2.16. The zero-order valence-corrected chi connectivity index (χ0v) is 16.9. The van der Waals surface area contributed by atoms with E-state index in [0.29, 0.717) is 12.1 Å². The Kier molecular flexibility index (Phi) is 10.1. The van der Waals surface area contributed by atoms with Crippen molar-refractivity contribution in [3.8, 4) is 0 Å². The first-order valence-corrected chi connectivity index (χ1v) is 9.30. The lowest BCUT2D eigenvalue weighted by Gasteiger charge is -2.09. The summed E-state index contributed by atoms with van der Waals surface area (Å²) in [5, 5.41) is 3.30. The molecule has 0 atom stereocenters.